The molecule has 3 rings (SSSR count). The van der Waals surface area contributed by atoms with Crippen LogP contribution in [-0.4, -0.2) is 19.5 Å². The Labute approximate surface area is 128 Å². The van der Waals surface area contributed by atoms with Crippen molar-refractivity contribution in [3.05, 3.63) is 47.4 Å². The molecule has 6 heteroatoms. The molecule has 0 bridgehead atoms. The minimum atomic E-state index is -0.394. The van der Waals surface area contributed by atoms with Crippen LogP contribution in [0.25, 0.3) is 11.0 Å². The molecule has 2 N–H and O–H groups in total. The van der Waals surface area contributed by atoms with Crippen molar-refractivity contribution < 1.29 is 4.39 Å². The maximum atomic E-state index is 13.4. The molecule has 3 heterocycles. The van der Waals surface area contributed by atoms with Crippen LogP contribution in [0.2, 0.25) is 0 Å². The van der Waals surface area contributed by atoms with E-state index in [2.05, 4.69) is 28.8 Å². The van der Waals surface area contributed by atoms with Gasteiger partial charge in [0.2, 0.25) is 0 Å². The lowest BCUT2D eigenvalue weighted by atomic mass is 10.1. The molecule has 3 aromatic rings. The van der Waals surface area contributed by atoms with Crippen LogP contribution < -0.4 is 5.73 Å². The first-order valence-electron chi connectivity index (χ1n) is 7.19. The van der Waals surface area contributed by atoms with E-state index in [0.717, 1.165) is 28.7 Å². The second kappa shape index (κ2) is 5.36. The minimum absolute atomic E-state index is 0.306. The van der Waals surface area contributed by atoms with E-state index < -0.39 is 5.82 Å². The van der Waals surface area contributed by atoms with Crippen molar-refractivity contribution in [2.75, 3.05) is 5.73 Å². The topological polar surface area (TPSA) is 69.6 Å². The molecule has 0 saturated heterocycles. The first-order valence-corrected chi connectivity index (χ1v) is 7.19. The molecule has 0 radical (unpaired) electrons. The summed E-state index contributed by atoms with van der Waals surface area (Å²) in [5.74, 6) is 0.967. The highest BCUT2D eigenvalue weighted by Crippen LogP contribution is 2.24. The quantitative estimate of drug-likeness (QED) is 0.807. The largest absolute Gasteiger partial charge is 0.383 e. The van der Waals surface area contributed by atoms with Crippen LogP contribution in [-0.2, 0) is 6.54 Å². The van der Waals surface area contributed by atoms with Gasteiger partial charge in [-0.3, -0.25) is 0 Å². The highest BCUT2D eigenvalue weighted by molar-refractivity contribution is 5.79. The molecule has 0 saturated carbocycles. The van der Waals surface area contributed by atoms with Crippen molar-refractivity contribution in [1.29, 1.82) is 0 Å². The Bertz CT molecular complexity index is 838. The number of aryl methyl sites for hydroxylation is 1. The standard InChI is InChI=1S/C16H18FN5/c1-9(2)14-13-4-5-22(16(13)21-10(3)20-14)8-11-6-12(17)7-19-15(11)18/h4-7,9H,8H2,1-3H3,(H2,18,19). The van der Waals surface area contributed by atoms with E-state index in [0.29, 0.717) is 23.8 Å². The summed E-state index contributed by atoms with van der Waals surface area (Å²) in [6.07, 6.45) is 3.05. The fourth-order valence-electron chi connectivity index (χ4n) is 2.57. The number of nitrogens with zero attached hydrogens (tertiary/aromatic N) is 4. The summed E-state index contributed by atoms with van der Waals surface area (Å²) < 4.78 is 15.3. The highest BCUT2D eigenvalue weighted by Gasteiger charge is 2.14. The number of halogens is 1. The van der Waals surface area contributed by atoms with Gasteiger partial charge in [-0.15, -0.1) is 0 Å². The lowest BCUT2D eigenvalue weighted by Gasteiger charge is -2.10. The zero-order valence-corrected chi connectivity index (χ0v) is 12.8. The molecule has 22 heavy (non-hydrogen) atoms. The van der Waals surface area contributed by atoms with E-state index in [1.54, 1.807) is 0 Å². The van der Waals surface area contributed by atoms with E-state index in [-0.39, 0.29) is 0 Å². The Morgan fingerprint density at radius 3 is 2.82 bits per heavy atom. The zero-order chi connectivity index (χ0) is 15.9. The Morgan fingerprint density at radius 2 is 2.09 bits per heavy atom. The first-order chi connectivity index (χ1) is 10.5. The van der Waals surface area contributed by atoms with Crippen molar-refractivity contribution in [1.82, 2.24) is 19.5 Å². The molecule has 114 valence electrons. The number of hydrogen-bond donors (Lipinski definition) is 1. The normalized spacial score (nSPS) is 11.5. The van der Waals surface area contributed by atoms with E-state index in [1.165, 1.54) is 6.07 Å². The predicted octanol–water partition coefficient (Wildman–Crippen LogP) is 3.03. The average Bonchev–Trinajstić information content (AvgIpc) is 2.85. The molecule has 0 aliphatic heterocycles. The van der Waals surface area contributed by atoms with Gasteiger partial charge < -0.3 is 10.3 Å². The Kier molecular flexibility index (Phi) is 3.52. The maximum Gasteiger partial charge on any atom is 0.144 e. The third-order valence-corrected chi connectivity index (χ3v) is 3.62. The van der Waals surface area contributed by atoms with Gasteiger partial charge in [-0.1, -0.05) is 13.8 Å². The monoisotopic (exact) mass is 299 g/mol. The number of rotatable bonds is 3. The summed E-state index contributed by atoms with van der Waals surface area (Å²) in [6, 6.07) is 3.40. The van der Waals surface area contributed by atoms with Crippen LogP contribution in [0.5, 0.6) is 0 Å². The lowest BCUT2D eigenvalue weighted by Crippen LogP contribution is -2.06. The molecule has 0 unspecified atom stereocenters. The molecule has 0 fully saturated rings. The maximum absolute atomic E-state index is 13.4. The number of fused-ring (bicyclic) bond motifs is 1. The van der Waals surface area contributed by atoms with E-state index in [4.69, 9.17) is 5.73 Å². The first kappa shape index (κ1) is 14.4. The van der Waals surface area contributed by atoms with E-state index in [9.17, 15) is 4.39 Å². The van der Waals surface area contributed by atoms with Gasteiger partial charge in [-0.05, 0) is 25.0 Å². The van der Waals surface area contributed by atoms with Crippen molar-refractivity contribution in [3.63, 3.8) is 0 Å². The number of nitrogens with two attached hydrogens (primary N) is 1. The van der Waals surface area contributed by atoms with E-state index in [1.807, 2.05) is 23.8 Å². The zero-order valence-electron chi connectivity index (χ0n) is 12.8. The summed E-state index contributed by atoms with van der Waals surface area (Å²) in [7, 11) is 0. The van der Waals surface area contributed by atoms with Gasteiger partial charge in [0.15, 0.2) is 0 Å². The smallest absolute Gasteiger partial charge is 0.144 e. The molecule has 5 nitrogen and oxygen atoms in total. The van der Waals surface area contributed by atoms with E-state index >= 15 is 0 Å². The van der Waals surface area contributed by atoms with Crippen molar-refractivity contribution in [3.8, 4) is 0 Å². The lowest BCUT2D eigenvalue weighted by molar-refractivity contribution is 0.617. The summed E-state index contributed by atoms with van der Waals surface area (Å²) in [5.41, 5.74) is 8.33. The number of hydrogen-bond acceptors (Lipinski definition) is 4. The fourth-order valence-corrected chi connectivity index (χ4v) is 2.57. The van der Waals surface area contributed by atoms with Crippen LogP contribution in [0.15, 0.2) is 24.5 Å². The van der Waals surface area contributed by atoms with Crippen LogP contribution in [0, 0.1) is 12.7 Å². The summed E-state index contributed by atoms with van der Waals surface area (Å²) in [6.45, 7) is 6.51. The molecule has 0 spiro atoms. The van der Waals surface area contributed by atoms with Gasteiger partial charge in [0.25, 0.3) is 0 Å². The Hall–Kier alpha value is -2.50. The Morgan fingerprint density at radius 1 is 1.32 bits per heavy atom. The molecule has 0 atom stereocenters. The Balaban J connectivity index is 2.10. The second-order valence-electron chi connectivity index (χ2n) is 5.69. The summed E-state index contributed by atoms with van der Waals surface area (Å²) >= 11 is 0. The number of aromatic nitrogens is 4. The SMILES string of the molecule is Cc1nc(C(C)C)c2ccn(Cc3cc(F)cnc3N)c2n1. The van der Waals surface area contributed by atoms with Gasteiger partial charge in [0, 0.05) is 17.1 Å². The molecular weight excluding hydrogens is 281 g/mol. The highest BCUT2D eigenvalue weighted by atomic mass is 19.1. The molecule has 3 aromatic heterocycles. The average molecular weight is 299 g/mol. The molecule has 0 aliphatic carbocycles. The van der Waals surface area contributed by atoms with Crippen LogP contribution >= 0.6 is 0 Å². The van der Waals surface area contributed by atoms with Crippen molar-refractivity contribution in [2.24, 2.45) is 0 Å². The van der Waals surface area contributed by atoms with Crippen LogP contribution in [0.3, 0.4) is 0 Å². The summed E-state index contributed by atoms with van der Waals surface area (Å²) in [4.78, 5) is 12.9. The van der Waals surface area contributed by atoms with Crippen LogP contribution in [0.1, 0.15) is 36.8 Å². The number of anilines is 1. The molecular formula is C16H18FN5. The number of nitrogen functional groups attached to an aromatic ring is 1. The third kappa shape index (κ3) is 2.52. The molecule has 0 amide bonds. The van der Waals surface area contributed by atoms with Crippen molar-refractivity contribution in [2.45, 2.75) is 33.2 Å². The van der Waals surface area contributed by atoms with Gasteiger partial charge in [-0.25, -0.2) is 19.3 Å². The minimum Gasteiger partial charge on any atom is -0.383 e. The van der Waals surface area contributed by atoms with Crippen molar-refractivity contribution >= 4 is 16.9 Å². The van der Waals surface area contributed by atoms with Crippen LogP contribution in [0.4, 0.5) is 10.2 Å². The summed E-state index contributed by atoms with van der Waals surface area (Å²) in [5, 5.41) is 1.02. The van der Waals surface area contributed by atoms with Gasteiger partial charge >= 0.3 is 0 Å². The predicted molar refractivity (Wildman–Crippen MR) is 84.1 cm³/mol. The van der Waals surface area contributed by atoms with Gasteiger partial charge in [0.05, 0.1) is 18.4 Å². The van der Waals surface area contributed by atoms with Gasteiger partial charge in [-0.2, -0.15) is 0 Å². The fraction of sp³-hybridized carbons (Fsp3) is 0.312. The van der Waals surface area contributed by atoms with Gasteiger partial charge in [0.1, 0.15) is 23.1 Å². The third-order valence-electron chi connectivity index (χ3n) is 3.62. The molecule has 0 aliphatic rings. The number of pyridine rings is 1. The second-order valence-corrected chi connectivity index (χ2v) is 5.69. The molecule has 0 aromatic carbocycles.